The summed E-state index contributed by atoms with van der Waals surface area (Å²) in [5.41, 5.74) is 0. The van der Waals surface area contributed by atoms with E-state index in [1.807, 2.05) is 38.1 Å². The minimum Gasteiger partial charge on any atom is -0.490 e. The molecule has 0 saturated carbocycles. The molecule has 0 fully saturated rings. The van der Waals surface area contributed by atoms with Crippen LogP contribution < -0.4 is 4.74 Å². The molecule has 1 nitrogen and oxygen atoms in total. The number of ether oxygens (including phenoxy) is 1. The van der Waals surface area contributed by atoms with Crippen LogP contribution in [0.3, 0.4) is 0 Å². The van der Waals surface area contributed by atoms with E-state index in [-0.39, 0.29) is 6.10 Å². The zero-order valence-electron chi connectivity index (χ0n) is 8.45. The average molecular weight is 185 g/mol. The lowest BCUT2D eigenvalue weighted by Gasteiger charge is -2.09. The Morgan fingerprint density at radius 3 is 2.64 bits per heavy atom. The lowest BCUT2D eigenvalue weighted by atomic mass is 10.1. The van der Waals surface area contributed by atoms with Crippen LogP contribution in [-0.2, 0) is 0 Å². The van der Waals surface area contributed by atoms with Gasteiger partial charge < -0.3 is 4.74 Å². The van der Waals surface area contributed by atoms with E-state index in [0.29, 0.717) is 0 Å². The van der Waals surface area contributed by atoms with Crippen LogP contribution in [0.2, 0.25) is 0 Å². The topological polar surface area (TPSA) is 9.23 Å². The van der Waals surface area contributed by atoms with Gasteiger partial charge in [0.25, 0.3) is 0 Å². The summed E-state index contributed by atoms with van der Waals surface area (Å²) in [6, 6.07) is 15.4. The van der Waals surface area contributed by atoms with Gasteiger partial charge in [-0.25, -0.2) is 0 Å². The molecule has 0 atom stereocenters. The monoisotopic (exact) mass is 185 g/mol. The van der Waals surface area contributed by atoms with Gasteiger partial charge in [0.15, 0.2) is 0 Å². The highest BCUT2D eigenvalue weighted by atomic mass is 16.5. The smallest absolute Gasteiger partial charge is 0.128 e. The molecule has 0 unspecified atom stereocenters. The minimum absolute atomic E-state index is 0.201. The Morgan fingerprint density at radius 2 is 1.86 bits per heavy atom. The van der Waals surface area contributed by atoms with Crippen LogP contribution in [0, 0.1) is 6.07 Å². The molecule has 0 N–H and O–H groups in total. The summed E-state index contributed by atoms with van der Waals surface area (Å²) in [6.07, 6.45) is 0.201. The van der Waals surface area contributed by atoms with Gasteiger partial charge in [-0.3, -0.25) is 0 Å². The van der Waals surface area contributed by atoms with Gasteiger partial charge in [-0.1, -0.05) is 30.3 Å². The fourth-order valence-corrected chi connectivity index (χ4v) is 1.42. The third kappa shape index (κ3) is 1.87. The molecule has 0 aliphatic carbocycles. The molecule has 1 radical (unpaired) electrons. The summed E-state index contributed by atoms with van der Waals surface area (Å²) < 4.78 is 5.57. The van der Waals surface area contributed by atoms with Crippen molar-refractivity contribution >= 4 is 10.8 Å². The molecule has 0 aliphatic rings. The second-order valence-corrected chi connectivity index (χ2v) is 3.58. The lowest BCUT2D eigenvalue weighted by molar-refractivity contribution is 0.242. The van der Waals surface area contributed by atoms with Gasteiger partial charge >= 0.3 is 0 Å². The zero-order chi connectivity index (χ0) is 9.97. The van der Waals surface area contributed by atoms with E-state index >= 15 is 0 Å². The third-order valence-corrected chi connectivity index (χ3v) is 2.00. The summed E-state index contributed by atoms with van der Waals surface area (Å²) in [7, 11) is 0. The Kier molecular flexibility index (Phi) is 2.40. The van der Waals surface area contributed by atoms with Gasteiger partial charge in [-0.15, -0.1) is 0 Å². The maximum atomic E-state index is 5.57. The largest absolute Gasteiger partial charge is 0.490 e. The zero-order valence-corrected chi connectivity index (χ0v) is 8.45. The molecular formula is C13H13O. The van der Waals surface area contributed by atoms with Crippen LogP contribution in [0.4, 0.5) is 0 Å². The summed E-state index contributed by atoms with van der Waals surface area (Å²) >= 11 is 0. The fourth-order valence-electron chi connectivity index (χ4n) is 1.42. The number of hydrogen-bond acceptors (Lipinski definition) is 1. The molecule has 2 rings (SSSR count). The van der Waals surface area contributed by atoms with Crippen molar-refractivity contribution in [1.29, 1.82) is 0 Å². The second kappa shape index (κ2) is 3.70. The minimum atomic E-state index is 0.201. The molecule has 0 heterocycles. The fraction of sp³-hybridized carbons (Fsp3) is 0.231. The molecule has 0 amide bonds. The Morgan fingerprint density at radius 1 is 1.07 bits per heavy atom. The van der Waals surface area contributed by atoms with Gasteiger partial charge in [0, 0.05) is 6.07 Å². The Balaban J connectivity index is 2.41. The van der Waals surface area contributed by atoms with Crippen molar-refractivity contribution in [2.75, 3.05) is 0 Å². The average Bonchev–Trinajstić information content (AvgIpc) is 2.17. The highest BCUT2D eigenvalue weighted by molar-refractivity contribution is 5.83. The van der Waals surface area contributed by atoms with Crippen LogP contribution >= 0.6 is 0 Å². The van der Waals surface area contributed by atoms with Crippen LogP contribution in [0.25, 0.3) is 10.8 Å². The third-order valence-electron chi connectivity index (χ3n) is 2.00. The number of rotatable bonds is 2. The van der Waals surface area contributed by atoms with Crippen molar-refractivity contribution < 1.29 is 4.74 Å². The van der Waals surface area contributed by atoms with Crippen LogP contribution in [0.1, 0.15) is 13.8 Å². The highest BCUT2D eigenvalue weighted by Crippen LogP contribution is 2.20. The summed E-state index contributed by atoms with van der Waals surface area (Å²) in [5.74, 6) is 0.818. The van der Waals surface area contributed by atoms with Crippen LogP contribution in [0.15, 0.2) is 36.4 Å². The van der Waals surface area contributed by atoms with Crippen molar-refractivity contribution in [3.63, 3.8) is 0 Å². The van der Waals surface area contributed by atoms with Gasteiger partial charge in [-0.2, -0.15) is 0 Å². The van der Waals surface area contributed by atoms with Gasteiger partial charge in [0.05, 0.1) is 6.10 Å². The van der Waals surface area contributed by atoms with Gasteiger partial charge in [0.2, 0.25) is 0 Å². The second-order valence-electron chi connectivity index (χ2n) is 3.58. The molecular weight excluding hydrogens is 172 g/mol. The first-order valence-electron chi connectivity index (χ1n) is 4.83. The first-order chi connectivity index (χ1) is 6.75. The standard InChI is InChI=1S/C13H13O/c1-10(2)14-13-8-7-11-5-3-4-6-12(11)9-13/h3-8,10H,1-2H3. The van der Waals surface area contributed by atoms with Crippen molar-refractivity contribution in [1.82, 2.24) is 0 Å². The van der Waals surface area contributed by atoms with Crippen LogP contribution in [0.5, 0.6) is 5.75 Å². The van der Waals surface area contributed by atoms with Gasteiger partial charge in [0.1, 0.15) is 5.75 Å². The molecule has 2 aromatic carbocycles. The van der Waals surface area contributed by atoms with Crippen molar-refractivity contribution in [3.05, 3.63) is 42.5 Å². The van der Waals surface area contributed by atoms with Crippen molar-refractivity contribution in [3.8, 4) is 5.75 Å². The first kappa shape index (κ1) is 9.07. The summed E-state index contributed by atoms with van der Waals surface area (Å²) in [6.45, 7) is 4.03. The molecule has 0 aliphatic heterocycles. The van der Waals surface area contributed by atoms with E-state index in [2.05, 4.69) is 18.2 Å². The molecule has 0 aromatic heterocycles. The first-order valence-corrected chi connectivity index (χ1v) is 4.83. The molecule has 1 heteroatoms. The van der Waals surface area contributed by atoms with Crippen molar-refractivity contribution in [2.24, 2.45) is 0 Å². The Hall–Kier alpha value is -1.50. The normalized spacial score (nSPS) is 10.8. The van der Waals surface area contributed by atoms with Gasteiger partial charge in [-0.05, 0) is 30.7 Å². The molecule has 14 heavy (non-hydrogen) atoms. The van der Waals surface area contributed by atoms with E-state index < -0.39 is 0 Å². The number of fused-ring (bicyclic) bond motifs is 1. The highest BCUT2D eigenvalue weighted by Gasteiger charge is 1.99. The summed E-state index contributed by atoms with van der Waals surface area (Å²) in [5, 5.41) is 2.30. The number of benzene rings is 2. The van der Waals surface area contributed by atoms with Crippen molar-refractivity contribution in [2.45, 2.75) is 20.0 Å². The summed E-state index contributed by atoms with van der Waals surface area (Å²) in [4.78, 5) is 0. The quantitative estimate of drug-likeness (QED) is 0.696. The lowest BCUT2D eigenvalue weighted by Crippen LogP contribution is -2.05. The molecule has 71 valence electrons. The molecule has 0 saturated heterocycles. The van der Waals surface area contributed by atoms with Crippen LogP contribution in [-0.4, -0.2) is 6.10 Å². The molecule has 0 spiro atoms. The molecule has 0 bridgehead atoms. The van der Waals surface area contributed by atoms with E-state index in [1.165, 1.54) is 5.39 Å². The van der Waals surface area contributed by atoms with E-state index in [0.717, 1.165) is 11.1 Å². The Bertz CT molecular complexity index is 432. The predicted molar refractivity (Wildman–Crippen MR) is 58.5 cm³/mol. The Labute approximate surface area is 84.3 Å². The van der Waals surface area contributed by atoms with E-state index in [9.17, 15) is 0 Å². The maximum absolute atomic E-state index is 5.57. The number of hydrogen-bond donors (Lipinski definition) is 0. The predicted octanol–water partition coefficient (Wildman–Crippen LogP) is 3.43. The van der Waals surface area contributed by atoms with E-state index in [4.69, 9.17) is 4.74 Å². The van der Waals surface area contributed by atoms with E-state index in [1.54, 1.807) is 0 Å². The molecule has 2 aromatic rings. The maximum Gasteiger partial charge on any atom is 0.128 e. The SMILES string of the molecule is CC(C)Oc1[c]c2ccccc2cc1.